The van der Waals surface area contributed by atoms with Gasteiger partial charge in [0, 0.05) is 24.9 Å². The lowest BCUT2D eigenvalue weighted by atomic mass is 10.2. The first-order valence-electron chi connectivity index (χ1n) is 5.81. The maximum absolute atomic E-state index is 12.0. The molecule has 0 radical (unpaired) electrons. The largest absolute Gasteiger partial charge is 0.373 e. The first kappa shape index (κ1) is 13.5. The van der Waals surface area contributed by atoms with Crippen LogP contribution >= 0.6 is 0 Å². The maximum Gasteiger partial charge on any atom is 0.274 e. The molecule has 1 aromatic carbocycles. The summed E-state index contributed by atoms with van der Waals surface area (Å²) in [6, 6.07) is 10.6. The molecular weight excluding hydrogens is 260 g/mol. The fourth-order valence-electron chi connectivity index (χ4n) is 1.56. The van der Waals surface area contributed by atoms with Gasteiger partial charge in [0.25, 0.3) is 11.6 Å². The van der Waals surface area contributed by atoms with Crippen LogP contribution in [0.15, 0.2) is 42.5 Å². The van der Waals surface area contributed by atoms with Crippen molar-refractivity contribution in [1.82, 2.24) is 4.98 Å². The first-order chi connectivity index (χ1) is 9.60. The van der Waals surface area contributed by atoms with Crippen LogP contribution in [0.4, 0.5) is 17.2 Å². The highest BCUT2D eigenvalue weighted by molar-refractivity contribution is 6.03. The lowest BCUT2D eigenvalue weighted by Crippen LogP contribution is -2.14. The molecule has 1 amide bonds. The molecule has 0 aliphatic heterocycles. The van der Waals surface area contributed by atoms with Crippen molar-refractivity contribution in [3.63, 3.8) is 0 Å². The molecule has 20 heavy (non-hydrogen) atoms. The zero-order valence-electron chi connectivity index (χ0n) is 10.7. The van der Waals surface area contributed by atoms with E-state index in [9.17, 15) is 14.9 Å². The minimum absolute atomic E-state index is 0.0293. The highest BCUT2D eigenvalue weighted by Gasteiger charge is 2.09. The predicted octanol–water partition coefficient (Wildman–Crippen LogP) is 2.28. The van der Waals surface area contributed by atoms with Crippen molar-refractivity contribution in [2.45, 2.75) is 0 Å². The Morgan fingerprint density at radius 3 is 2.50 bits per heavy atom. The van der Waals surface area contributed by atoms with Crippen molar-refractivity contribution >= 4 is 23.1 Å². The Balaban J connectivity index is 2.12. The lowest BCUT2D eigenvalue weighted by molar-refractivity contribution is -0.384. The number of pyridine rings is 1. The van der Waals surface area contributed by atoms with Gasteiger partial charge in [0.1, 0.15) is 11.5 Å². The molecule has 7 heteroatoms. The van der Waals surface area contributed by atoms with Gasteiger partial charge < -0.3 is 10.6 Å². The average molecular weight is 272 g/mol. The minimum Gasteiger partial charge on any atom is -0.373 e. The quantitative estimate of drug-likeness (QED) is 0.657. The highest BCUT2D eigenvalue weighted by atomic mass is 16.6. The third kappa shape index (κ3) is 3.08. The van der Waals surface area contributed by atoms with E-state index in [0.29, 0.717) is 11.5 Å². The molecule has 0 bridgehead atoms. The first-order valence-corrected chi connectivity index (χ1v) is 5.81. The predicted molar refractivity (Wildman–Crippen MR) is 74.8 cm³/mol. The summed E-state index contributed by atoms with van der Waals surface area (Å²) in [6.07, 6.45) is 0. The number of rotatable bonds is 4. The van der Waals surface area contributed by atoms with Crippen LogP contribution in [-0.4, -0.2) is 22.9 Å². The van der Waals surface area contributed by atoms with Crippen LogP contribution in [0.3, 0.4) is 0 Å². The smallest absolute Gasteiger partial charge is 0.274 e. The number of nitrogens with one attached hydrogen (secondary N) is 2. The molecule has 1 aromatic heterocycles. The van der Waals surface area contributed by atoms with E-state index in [-0.39, 0.29) is 17.3 Å². The Bertz CT molecular complexity index is 640. The van der Waals surface area contributed by atoms with Gasteiger partial charge in [-0.25, -0.2) is 4.98 Å². The van der Waals surface area contributed by atoms with E-state index in [0.717, 1.165) is 0 Å². The van der Waals surface area contributed by atoms with E-state index in [4.69, 9.17) is 0 Å². The SMILES string of the molecule is CNc1cccc(C(=O)Nc2ccc([N+](=O)[O-])cc2)n1. The molecule has 2 aromatic rings. The van der Waals surface area contributed by atoms with Crippen molar-refractivity contribution in [3.8, 4) is 0 Å². The number of benzene rings is 1. The second-order valence-corrected chi connectivity index (χ2v) is 3.92. The van der Waals surface area contributed by atoms with Crippen molar-refractivity contribution in [1.29, 1.82) is 0 Å². The highest BCUT2D eigenvalue weighted by Crippen LogP contribution is 2.16. The van der Waals surface area contributed by atoms with E-state index in [1.807, 2.05) is 0 Å². The molecule has 7 nitrogen and oxygen atoms in total. The molecule has 2 rings (SSSR count). The molecule has 0 atom stereocenters. The number of non-ortho nitro benzene ring substituents is 1. The number of nitro benzene ring substituents is 1. The Morgan fingerprint density at radius 2 is 1.90 bits per heavy atom. The number of hydrogen-bond donors (Lipinski definition) is 2. The molecule has 1 heterocycles. The Labute approximate surface area is 114 Å². The average Bonchev–Trinajstić information content (AvgIpc) is 2.47. The van der Waals surface area contributed by atoms with Gasteiger partial charge in [-0.1, -0.05) is 6.07 Å². The Kier molecular flexibility index (Phi) is 3.90. The molecule has 0 aliphatic carbocycles. The molecular formula is C13H12N4O3. The zero-order chi connectivity index (χ0) is 14.5. The fourth-order valence-corrected chi connectivity index (χ4v) is 1.56. The Hall–Kier alpha value is -2.96. The van der Waals surface area contributed by atoms with E-state index in [2.05, 4.69) is 15.6 Å². The van der Waals surface area contributed by atoms with Crippen LogP contribution in [0.1, 0.15) is 10.5 Å². The summed E-state index contributed by atoms with van der Waals surface area (Å²) in [7, 11) is 1.71. The second kappa shape index (κ2) is 5.79. The molecule has 0 saturated carbocycles. The number of nitrogens with zero attached hydrogens (tertiary/aromatic N) is 2. The second-order valence-electron chi connectivity index (χ2n) is 3.92. The fraction of sp³-hybridized carbons (Fsp3) is 0.0769. The summed E-state index contributed by atoms with van der Waals surface area (Å²) in [6.45, 7) is 0. The number of amides is 1. The number of hydrogen-bond acceptors (Lipinski definition) is 5. The number of nitro groups is 1. The normalized spacial score (nSPS) is 9.85. The summed E-state index contributed by atoms with van der Waals surface area (Å²) >= 11 is 0. The van der Waals surface area contributed by atoms with Crippen molar-refractivity contribution < 1.29 is 9.72 Å². The van der Waals surface area contributed by atoms with Gasteiger partial charge in [-0.15, -0.1) is 0 Å². The number of carbonyl (C=O) groups excluding carboxylic acids is 1. The molecule has 2 N–H and O–H groups in total. The standard InChI is InChI=1S/C13H12N4O3/c1-14-12-4-2-3-11(16-12)13(18)15-9-5-7-10(8-6-9)17(19)20/h2-8H,1H3,(H,14,16)(H,15,18). The van der Waals surface area contributed by atoms with Crippen LogP contribution in [0.2, 0.25) is 0 Å². The molecule has 0 aliphatic rings. The van der Waals surface area contributed by atoms with Gasteiger partial charge in [-0.2, -0.15) is 0 Å². The summed E-state index contributed by atoms with van der Waals surface area (Å²) in [5.41, 5.74) is 0.700. The van der Waals surface area contributed by atoms with Gasteiger partial charge in [-0.05, 0) is 24.3 Å². The van der Waals surface area contributed by atoms with Gasteiger partial charge >= 0.3 is 0 Å². The minimum atomic E-state index is -0.496. The van der Waals surface area contributed by atoms with Gasteiger partial charge in [0.15, 0.2) is 0 Å². The number of anilines is 2. The van der Waals surface area contributed by atoms with Crippen LogP contribution < -0.4 is 10.6 Å². The van der Waals surface area contributed by atoms with Crippen molar-refractivity contribution in [2.75, 3.05) is 17.7 Å². The third-order valence-electron chi connectivity index (χ3n) is 2.57. The van der Waals surface area contributed by atoms with Crippen molar-refractivity contribution in [3.05, 3.63) is 58.3 Å². The van der Waals surface area contributed by atoms with E-state index in [1.54, 1.807) is 25.2 Å². The van der Waals surface area contributed by atoms with Gasteiger partial charge in [0.2, 0.25) is 0 Å². The third-order valence-corrected chi connectivity index (χ3v) is 2.57. The van der Waals surface area contributed by atoms with E-state index in [1.165, 1.54) is 24.3 Å². The van der Waals surface area contributed by atoms with Gasteiger partial charge in [0.05, 0.1) is 4.92 Å². The summed E-state index contributed by atoms with van der Waals surface area (Å²) in [4.78, 5) is 26.1. The van der Waals surface area contributed by atoms with E-state index >= 15 is 0 Å². The molecule has 0 unspecified atom stereocenters. The lowest BCUT2D eigenvalue weighted by Gasteiger charge is -2.05. The van der Waals surface area contributed by atoms with Crippen LogP contribution in [0.5, 0.6) is 0 Å². The summed E-state index contributed by atoms with van der Waals surface area (Å²) < 4.78 is 0. The molecule has 0 fully saturated rings. The Morgan fingerprint density at radius 1 is 1.20 bits per heavy atom. The number of aromatic nitrogens is 1. The van der Waals surface area contributed by atoms with Crippen molar-refractivity contribution in [2.24, 2.45) is 0 Å². The topological polar surface area (TPSA) is 97.2 Å². The molecule has 0 saturated heterocycles. The summed E-state index contributed by atoms with van der Waals surface area (Å²) in [5.74, 6) is 0.206. The van der Waals surface area contributed by atoms with Crippen LogP contribution in [0.25, 0.3) is 0 Å². The summed E-state index contributed by atoms with van der Waals surface area (Å²) in [5, 5.41) is 16.0. The molecule has 102 valence electrons. The van der Waals surface area contributed by atoms with Crippen LogP contribution in [0, 0.1) is 10.1 Å². The zero-order valence-corrected chi connectivity index (χ0v) is 10.7. The van der Waals surface area contributed by atoms with Gasteiger partial charge in [-0.3, -0.25) is 14.9 Å². The van der Waals surface area contributed by atoms with E-state index < -0.39 is 4.92 Å². The molecule has 0 spiro atoms. The maximum atomic E-state index is 12.0. The number of carbonyl (C=O) groups is 1. The monoisotopic (exact) mass is 272 g/mol. The van der Waals surface area contributed by atoms with Crippen LogP contribution in [-0.2, 0) is 0 Å².